The maximum absolute atomic E-state index is 12.6. The van der Waals surface area contributed by atoms with Crippen LogP contribution in [0.15, 0.2) is 24.3 Å². The van der Waals surface area contributed by atoms with E-state index < -0.39 is 23.7 Å². The molecular formula is C17H22N4O5. The van der Waals surface area contributed by atoms with Gasteiger partial charge in [-0.2, -0.15) is 0 Å². The van der Waals surface area contributed by atoms with E-state index in [1.165, 1.54) is 0 Å². The summed E-state index contributed by atoms with van der Waals surface area (Å²) in [4.78, 5) is 40.8. The second kappa shape index (κ2) is 7.42. The molecular weight excluding hydrogens is 340 g/mol. The van der Waals surface area contributed by atoms with Crippen LogP contribution in [0.4, 0.5) is 15.5 Å². The quantitative estimate of drug-likeness (QED) is 0.841. The number of hydrogen-bond donors (Lipinski definition) is 2. The van der Waals surface area contributed by atoms with Crippen LogP contribution in [0.25, 0.3) is 11.0 Å². The van der Waals surface area contributed by atoms with Gasteiger partial charge in [-0.3, -0.25) is 4.79 Å². The molecule has 2 rings (SSSR count). The number of aromatic nitrogens is 2. The molecule has 3 N–H and O–H groups in total. The van der Waals surface area contributed by atoms with E-state index in [9.17, 15) is 19.5 Å². The van der Waals surface area contributed by atoms with Crippen LogP contribution in [0, 0.1) is 0 Å². The van der Waals surface area contributed by atoms with Crippen molar-refractivity contribution in [1.29, 1.82) is 0 Å². The minimum atomic E-state index is -1.28. The zero-order valence-electron chi connectivity index (χ0n) is 14.9. The predicted octanol–water partition coefficient (Wildman–Crippen LogP) is 2.57. The summed E-state index contributed by atoms with van der Waals surface area (Å²) in [6.07, 6.45) is -1.73. The summed E-state index contributed by atoms with van der Waals surface area (Å²) in [5.41, 5.74) is 5.14. The van der Waals surface area contributed by atoms with Gasteiger partial charge in [0, 0.05) is 13.0 Å². The number of para-hydroxylation sites is 2. The third-order valence-corrected chi connectivity index (χ3v) is 3.39. The minimum Gasteiger partial charge on any atom is -0.464 e. The van der Waals surface area contributed by atoms with E-state index in [4.69, 9.17) is 10.5 Å². The number of carbonyl (C=O) groups is 3. The Morgan fingerprint density at radius 3 is 2.50 bits per heavy atom. The molecule has 0 bridgehead atoms. The van der Waals surface area contributed by atoms with Crippen molar-refractivity contribution in [3.8, 4) is 0 Å². The zero-order valence-corrected chi connectivity index (χ0v) is 14.9. The number of nitrogens with zero attached hydrogens (tertiary/aromatic N) is 3. The van der Waals surface area contributed by atoms with Gasteiger partial charge < -0.3 is 15.6 Å². The summed E-state index contributed by atoms with van der Waals surface area (Å²) in [5, 5.41) is 9.60. The summed E-state index contributed by atoms with van der Waals surface area (Å²) >= 11 is 0. The number of rotatable bonds is 5. The molecule has 0 saturated carbocycles. The Hall–Kier alpha value is -3.10. The van der Waals surface area contributed by atoms with Gasteiger partial charge in [-0.1, -0.05) is 12.1 Å². The maximum Gasteiger partial charge on any atom is 0.418 e. The van der Waals surface area contributed by atoms with Gasteiger partial charge in [0.15, 0.2) is 0 Å². The zero-order chi connectivity index (χ0) is 19.5. The van der Waals surface area contributed by atoms with E-state index in [2.05, 4.69) is 4.98 Å². The number of benzene rings is 1. The fourth-order valence-electron chi connectivity index (χ4n) is 2.38. The largest absolute Gasteiger partial charge is 0.464 e. The summed E-state index contributed by atoms with van der Waals surface area (Å²) in [6.45, 7) is 5.14. The van der Waals surface area contributed by atoms with Crippen molar-refractivity contribution in [2.75, 3.05) is 11.4 Å². The van der Waals surface area contributed by atoms with Crippen LogP contribution in [0.1, 0.15) is 33.6 Å². The highest BCUT2D eigenvalue weighted by atomic mass is 16.6. The molecule has 0 saturated heterocycles. The van der Waals surface area contributed by atoms with Crippen molar-refractivity contribution in [1.82, 2.24) is 9.55 Å². The van der Waals surface area contributed by atoms with Crippen molar-refractivity contribution in [3.05, 3.63) is 24.3 Å². The van der Waals surface area contributed by atoms with Gasteiger partial charge in [0.2, 0.25) is 11.9 Å². The van der Waals surface area contributed by atoms with Crippen molar-refractivity contribution >= 4 is 35.1 Å². The second-order valence-electron chi connectivity index (χ2n) is 6.72. The lowest BCUT2D eigenvalue weighted by Gasteiger charge is -2.26. The first kappa shape index (κ1) is 19.2. The van der Waals surface area contributed by atoms with Crippen LogP contribution < -0.4 is 10.6 Å². The lowest BCUT2D eigenvalue weighted by molar-refractivity contribution is -0.118. The van der Waals surface area contributed by atoms with E-state index in [1.807, 2.05) is 0 Å². The van der Waals surface area contributed by atoms with E-state index in [0.717, 1.165) is 9.47 Å². The van der Waals surface area contributed by atoms with E-state index in [1.54, 1.807) is 45.0 Å². The summed E-state index contributed by atoms with van der Waals surface area (Å²) < 4.78 is 6.29. The van der Waals surface area contributed by atoms with Crippen molar-refractivity contribution in [2.45, 2.75) is 39.2 Å². The van der Waals surface area contributed by atoms with Crippen LogP contribution >= 0.6 is 0 Å². The Morgan fingerprint density at radius 1 is 1.27 bits per heavy atom. The number of hydrogen-bond acceptors (Lipinski definition) is 5. The van der Waals surface area contributed by atoms with Gasteiger partial charge in [-0.05, 0) is 39.3 Å². The standard InChI is InChI=1S/C17H22N4O5/c1-17(2,3)26-16(25)20(10-6-9-13(18)22)14-19-11-7-4-5-8-12(11)21(14)15(23)24/h4-5,7-8H,6,9-10H2,1-3H3,(H2,18,22)(H,23,24). The second-order valence-corrected chi connectivity index (χ2v) is 6.72. The Morgan fingerprint density at radius 2 is 1.92 bits per heavy atom. The number of fused-ring (bicyclic) bond motifs is 1. The van der Waals surface area contributed by atoms with E-state index in [0.29, 0.717) is 11.0 Å². The first-order valence-electron chi connectivity index (χ1n) is 8.10. The third kappa shape index (κ3) is 4.50. The first-order chi connectivity index (χ1) is 12.1. The Labute approximate surface area is 150 Å². The maximum atomic E-state index is 12.6. The lowest BCUT2D eigenvalue weighted by atomic mass is 10.2. The fourth-order valence-corrected chi connectivity index (χ4v) is 2.38. The summed E-state index contributed by atoms with van der Waals surface area (Å²) in [5.74, 6) is -0.599. The average molecular weight is 362 g/mol. The molecule has 140 valence electrons. The Kier molecular flexibility index (Phi) is 5.49. The Bertz CT molecular complexity index is 837. The number of ether oxygens (including phenoxy) is 1. The fraction of sp³-hybridized carbons (Fsp3) is 0.412. The average Bonchev–Trinajstić information content (AvgIpc) is 2.88. The molecule has 9 nitrogen and oxygen atoms in total. The predicted molar refractivity (Wildman–Crippen MR) is 95.2 cm³/mol. The molecule has 0 radical (unpaired) electrons. The molecule has 2 aromatic rings. The highest BCUT2D eigenvalue weighted by Gasteiger charge is 2.29. The topological polar surface area (TPSA) is 128 Å². The molecule has 0 aliphatic rings. The smallest absolute Gasteiger partial charge is 0.418 e. The van der Waals surface area contributed by atoms with Gasteiger partial charge in [-0.25, -0.2) is 24.0 Å². The molecule has 1 aromatic carbocycles. The molecule has 0 unspecified atom stereocenters. The molecule has 0 fully saturated rings. The van der Waals surface area contributed by atoms with Crippen molar-refractivity contribution in [3.63, 3.8) is 0 Å². The van der Waals surface area contributed by atoms with Gasteiger partial charge in [0.25, 0.3) is 0 Å². The molecule has 9 heteroatoms. The molecule has 1 aromatic heterocycles. The first-order valence-corrected chi connectivity index (χ1v) is 8.10. The van der Waals surface area contributed by atoms with Gasteiger partial charge >= 0.3 is 12.2 Å². The van der Waals surface area contributed by atoms with Crippen LogP contribution in [0.2, 0.25) is 0 Å². The molecule has 0 aliphatic carbocycles. The molecule has 1 heterocycles. The highest BCUT2D eigenvalue weighted by molar-refractivity contribution is 5.95. The van der Waals surface area contributed by atoms with Crippen molar-refractivity contribution in [2.24, 2.45) is 5.73 Å². The molecule has 26 heavy (non-hydrogen) atoms. The van der Waals surface area contributed by atoms with Crippen LogP contribution in [0.5, 0.6) is 0 Å². The summed E-state index contributed by atoms with van der Waals surface area (Å²) in [6, 6.07) is 6.64. The highest BCUT2D eigenvalue weighted by Crippen LogP contribution is 2.24. The number of primary amides is 1. The summed E-state index contributed by atoms with van der Waals surface area (Å²) in [7, 11) is 0. The minimum absolute atomic E-state index is 0.0362. The number of nitrogens with two attached hydrogens (primary N) is 1. The van der Waals surface area contributed by atoms with Crippen LogP contribution in [0.3, 0.4) is 0 Å². The SMILES string of the molecule is CC(C)(C)OC(=O)N(CCCC(N)=O)c1nc2ccccc2n1C(=O)O. The molecule has 0 atom stereocenters. The third-order valence-electron chi connectivity index (χ3n) is 3.39. The molecule has 2 amide bonds. The van der Waals surface area contributed by atoms with Crippen LogP contribution in [-0.2, 0) is 9.53 Å². The number of carboxylic acid groups (broad SMARTS) is 1. The molecule has 0 aliphatic heterocycles. The number of carbonyl (C=O) groups excluding carboxylic acids is 2. The molecule has 0 spiro atoms. The van der Waals surface area contributed by atoms with Crippen molar-refractivity contribution < 1.29 is 24.2 Å². The van der Waals surface area contributed by atoms with Gasteiger partial charge in [-0.15, -0.1) is 0 Å². The Balaban J connectivity index is 2.48. The van der Waals surface area contributed by atoms with Gasteiger partial charge in [0.1, 0.15) is 5.60 Å². The van der Waals surface area contributed by atoms with E-state index in [-0.39, 0.29) is 25.3 Å². The number of anilines is 1. The monoisotopic (exact) mass is 362 g/mol. The normalized spacial score (nSPS) is 11.3. The van der Waals surface area contributed by atoms with Gasteiger partial charge in [0.05, 0.1) is 11.0 Å². The van der Waals surface area contributed by atoms with Crippen LogP contribution in [-0.4, -0.2) is 44.9 Å². The van der Waals surface area contributed by atoms with E-state index >= 15 is 0 Å². The number of amides is 2. The number of imidazole rings is 1. The lowest BCUT2D eigenvalue weighted by Crippen LogP contribution is -2.39.